The third-order valence-electron chi connectivity index (χ3n) is 7.95. The summed E-state index contributed by atoms with van der Waals surface area (Å²) in [4.78, 5) is 26.6. The highest BCUT2D eigenvalue weighted by Gasteiger charge is 2.54. The molecule has 3 aliphatic heterocycles. The first-order valence-electron chi connectivity index (χ1n) is 14.3. The second kappa shape index (κ2) is 14.0. The maximum atomic E-state index is 14.1. The van der Waals surface area contributed by atoms with Crippen LogP contribution in [0.15, 0.2) is 60.7 Å². The van der Waals surface area contributed by atoms with E-state index < -0.39 is 88.2 Å². The van der Waals surface area contributed by atoms with Crippen LogP contribution in [0.3, 0.4) is 0 Å². The fourth-order valence-electron chi connectivity index (χ4n) is 5.12. The zero-order valence-corrected chi connectivity index (χ0v) is 26.4. The molecule has 0 amide bonds. The van der Waals surface area contributed by atoms with Gasteiger partial charge in [0.15, 0.2) is 0 Å². The zero-order valence-electron chi connectivity index (χ0n) is 24.6. The Hall–Kier alpha value is -2.34. The van der Waals surface area contributed by atoms with E-state index in [-0.39, 0.29) is 13.2 Å². The number of hydrogen-bond donors (Lipinski definition) is 0. The molecule has 2 radical (unpaired) electrons. The minimum atomic E-state index is -4.66. The van der Waals surface area contributed by atoms with Crippen LogP contribution in [0.25, 0.3) is 0 Å². The molecule has 0 N–H and O–H groups in total. The number of carbonyl (C=O) groups excluding carboxylic acids is 2. The van der Waals surface area contributed by atoms with Gasteiger partial charge in [-0.25, -0.2) is 18.7 Å². The Morgan fingerprint density at radius 3 is 1.64 bits per heavy atom. The van der Waals surface area contributed by atoms with E-state index in [1.165, 1.54) is 0 Å². The van der Waals surface area contributed by atoms with Crippen LogP contribution in [0.4, 0.5) is 9.59 Å². The minimum Gasteiger partial charge on any atom is -0.452 e. The van der Waals surface area contributed by atoms with Crippen LogP contribution in [-0.4, -0.2) is 69.0 Å². The molecule has 236 valence electrons. The highest BCUT2D eigenvalue weighted by Crippen LogP contribution is 2.58. The summed E-state index contributed by atoms with van der Waals surface area (Å²) < 4.78 is 73.8. The molecule has 15 heteroatoms. The van der Waals surface area contributed by atoms with Crippen molar-refractivity contribution >= 4 is 34.5 Å². The Bertz CT molecular complexity index is 1290. The number of benzene rings is 2. The topological polar surface area (TPSA) is 142 Å². The first-order chi connectivity index (χ1) is 21.0. The summed E-state index contributed by atoms with van der Waals surface area (Å²) in [6.07, 6.45) is -4.73. The highest BCUT2D eigenvalue weighted by atomic mass is 31.2. The van der Waals surface area contributed by atoms with Crippen LogP contribution < -0.4 is 0 Å². The molecule has 2 aromatic carbocycles. The average Bonchev–Trinajstić information content (AvgIpc) is 3.45. The molecule has 0 aliphatic carbocycles. The summed E-state index contributed by atoms with van der Waals surface area (Å²) in [6, 6.07) is 16.8. The predicted molar refractivity (Wildman–Crippen MR) is 157 cm³/mol. The molecule has 3 aliphatic rings. The second-order valence-corrected chi connectivity index (χ2v) is 14.7. The van der Waals surface area contributed by atoms with Crippen LogP contribution in [0.2, 0.25) is 0 Å². The van der Waals surface area contributed by atoms with Crippen molar-refractivity contribution in [3.63, 3.8) is 0 Å². The van der Waals surface area contributed by atoms with E-state index in [1.807, 2.05) is 12.1 Å². The first-order valence-corrected chi connectivity index (χ1v) is 17.4. The number of ether oxygens (including phenoxy) is 4. The molecule has 2 unspecified atom stereocenters. The van der Waals surface area contributed by atoms with E-state index in [0.29, 0.717) is 11.1 Å². The second-order valence-electron chi connectivity index (χ2n) is 11.0. The Morgan fingerprint density at radius 2 is 1.16 bits per heavy atom. The first kappa shape index (κ1) is 33.0. The summed E-state index contributed by atoms with van der Waals surface area (Å²) in [5, 5.41) is 0. The van der Waals surface area contributed by atoms with Gasteiger partial charge >= 0.3 is 26.6 Å². The van der Waals surface area contributed by atoms with Gasteiger partial charge in [-0.15, -0.1) is 0 Å². The summed E-state index contributed by atoms with van der Waals surface area (Å²) in [5.41, 5.74) is -1.08. The fraction of sp³-hybridized carbons (Fsp3) is 0.517. The van der Waals surface area contributed by atoms with Gasteiger partial charge in [0.05, 0.1) is 19.3 Å². The van der Waals surface area contributed by atoms with Crippen molar-refractivity contribution in [2.45, 2.75) is 70.5 Å². The van der Waals surface area contributed by atoms with Crippen LogP contribution in [0.1, 0.15) is 31.9 Å². The van der Waals surface area contributed by atoms with Crippen molar-refractivity contribution in [3.05, 3.63) is 71.8 Å². The molecular weight excluding hydrogens is 613 g/mol. The van der Waals surface area contributed by atoms with Gasteiger partial charge in [-0.2, -0.15) is 0 Å². The Kier molecular flexibility index (Phi) is 10.5. The standard InChI is InChI=1S/C29H35BO12P2/c1-18-20(3)39-23-16-37-44(34,29(32)36-15-22-12-8-5-9-13-22)42-26-19(2)27(30)40-24(26)17-38-43(33,41-25(18)23)28(31)35-14-21-10-6-4-7-11-21/h4-13,18-20,23-27H,14-17H2,1-3H3/t18-,19+,20-,23+,24+,25-,26-,27+,43?,44?/m0/s1. The van der Waals surface area contributed by atoms with Crippen LogP contribution in [-0.2, 0) is 59.4 Å². The molecule has 44 heavy (non-hydrogen) atoms. The Labute approximate surface area is 257 Å². The molecule has 10 atom stereocenters. The normalized spacial score (nSPS) is 37.5. The van der Waals surface area contributed by atoms with Crippen molar-refractivity contribution in [1.82, 2.24) is 0 Å². The van der Waals surface area contributed by atoms with Crippen molar-refractivity contribution < 1.29 is 55.8 Å². The lowest BCUT2D eigenvalue weighted by molar-refractivity contribution is -0.0327. The van der Waals surface area contributed by atoms with Crippen molar-refractivity contribution in [1.29, 1.82) is 0 Å². The molecule has 0 aromatic heterocycles. The predicted octanol–water partition coefficient (Wildman–Crippen LogP) is 5.82. The fourth-order valence-corrected chi connectivity index (χ4v) is 8.05. The van der Waals surface area contributed by atoms with Gasteiger partial charge in [0.1, 0.15) is 45.5 Å². The lowest BCUT2D eigenvalue weighted by atomic mass is 9.86. The van der Waals surface area contributed by atoms with E-state index in [9.17, 15) is 18.7 Å². The van der Waals surface area contributed by atoms with Gasteiger partial charge in [0.2, 0.25) is 0 Å². The van der Waals surface area contributed by atoms with Gasteiger partial charge in [0, 0.05) is 17.8 Å². The molecule has 0 bridgehead atoms. The van der Waals surface area contributed by atoms with Crippen LogP contribution in [0.5, 0.6) is 0 Å². The molecular formula is C29H35BO12P2. The van der Waals surface area contributed by atoms with Gasteiger partial charge in [-0.1, -0.05) is 74.5 Å². The summed E-state index contributed by atoms with van der Waals surface area (Å²) >= 11 is 0. The van der Waals surface area contributed by atoms with Crippen molar-refractivity contribution in [3.8, 4) is 0 Å². The zero-order chi connectivity index (χ0) is 31.5. The number of rotatable bonds is 6. The van der Waals surface area contributed by atoms with Crippen LogP contribution >= 0.6 is 15.2 Å². The van der Waals surface area contributed by atoms with E-state index in [1.54, 1.807) is 69.3 Å². The number of fused-ring (bicyclic) bond motifs is 2. The smallest absolute Gasteiger partial charge is 0.438 e. The quantitative estimate of drug-likeness (QED) is 0.275. The maximum Gasteiger partial charge on any atom is 0.438 e. The monoisotopic (exact) mass is 648 g/mol. The van der Waals surface area contributed by atoms with E-state index in [2.05, 4.69) is 0 Å². The number of hydrogen-bond acceptors (Lipinski definition) is 12. The SMILES string of the molecule is [B][C@@H]1O[C@@H]2COP(=O)(C(=O)OCc3ccccc3)O[C@H]3[C@@H](C)[C@H](C)O[C@@H]3COP(=O)(C(=O)OCc3ccccc3)O[C@H]2[C@H]1C. The van der Waals surface area contributed by atoms with Crippen molar-refractivity contribution in [2.75, 3.05) is 13.2 Å². The molecule has 0 spiro atoms. The molecule has 12 nitrogen and oxygen atoms in total. The molecule has 3 heterocycles. The molecule has 0 saturated carbocycles. The lowest BCUT2D eigenvalue weighted by Crippen LogP contribution is -2.37. The van der Waals surface area contributed by atoms with Gasteiger partial charge < -0.3 is 18.9 Å². The Morgan fingerprint density at radius 1 is 0.727 bits per heavy atom. The van der Waals surface area contributed by atoms with E-state index in [0.717, 1.165) is 0 Å². The van der Waals surface area contributed by atoms with Gasteiger partial charge in [-0.05, 0) is 18.1 Å². The van der Waals surface area contributed by atoms with Crippen molar-refractivity contribution in [2.24, 2.45) is 11.8 Å². The summed E-state index contributed by atoms with van der Waals surface area (Å²) in [5.74, 6) is -1.04. The summed E-state index contributed by atoms with van der Waals surface area (Å²) in [6.45, 7) is 3.83. The molecule has 5 rings (SSSR count). The molecule has 3 fully saturated rings. The van der Waals surface area contributed by atoms with Crippen LogP contribution in [0, 0.1) is 11.8 Å². The third kappa shape index (κ3) is 7.38. The van der Waals surface area contributed by atoms with E-state index in [4.69, 9.17) is 44.9 Å². The third-order valence-corrected chi connectivity index (χ3v) is 11.1. The van der Waals surface area contributed by atoms with Gasteiger partial charge in [-0.3, -0.25) is 18.1 Å². The largest absolute Gasteiger partial charge is 0.452 e. The molecule has 3 saturated heterocycles. The highest BCUT2D eigenvalue weighted by molar-refractivity contribution is 7.71. The Balaban J connectivity index is 1.41. The average molecular weight is 648 g/mol. The minimum absolute atomic E-state index is 0.169. The maximum absolute atomic E-state index is 14.1. The molecule has 2 aromatic rings. The number of carbonyl (C=O) groups is 2. The lowest BCUT2D eigenvalue weighted by Gasteiger charge is -2.31. The van der Waals surface area contributed by atoms with E-state index >= 15 is 0 Å². The van der Waals surface area contributed by atoms with Gasteiger partial charge in [0.25, 0.3) is 0 Å². The summed E-state index contributed by atoms with van der Waals surface area (Å²) in [7, 11) is -3.20.